The molecule has 0 spiro atoms. The summed E-state index contributed by atoms with van der Waals surface area (Å²) in [5, 5.41) is 3.14. The molecule has 0 atom stereocenters. The van der Waals surface area contributed by atoms with Crippen LogP contribution in [0, 0.1) is 5.92 Å². The van der Waals surface area contributed by atoms with Gasteiger partial charge >= 0.3 is 0 Å². The van der Waals surface area contributed by atoms with Gasteiger partial charge in [-0.1, -0.05) is 0 Å². The van der Waals surface area contributed by atoms with Crippen molar-refractivity contribution < 1.29 is 9.53 Å². The Bertz CT molecular complexity index is 134. The Morgan fingerprint density at radius 2 is 2.36 bits per heavy atom. The zero-order valence-electron chi connectivity index (χ0n) is 6.51. The van der Waals surface area contributed by atoms with Gasteiger partial charge < -0.3 is 15.8 Å². The second kappa shape index (κ2) is 4.31. The molecule has 1 amide bonds. The van der Waals surface area contributed by atoms with Crippen LogP contribution in [0.5, 0.6) is 0 Å². The summed E-state index contributed by atoms with van der Waals surface area (Å²) in [7, 11) is 0. The van der Waals surface area contributed by atoms with Gasteiger partial charge in [-0.3, -0.25) is 4.79 Å². The predicted molar refractivity (Wildman–Crippen MR) is 41.0 cm³/mol. The number of hydrogen-bond acceptors (Lipinski definition) is 3. The highest BCUT2D eigenvalue weighted by Crippen LogP contribution is 2.02. The van der Waals surface area contributed by atoms with Crippen LogP contribution >= 0.6 is 0 Å². The van der Waals surface area contributed by atoms with Crippen molar-refractivity contribution in [3.63, 3.8) is 0 Å². The quantitative estimate of drug-likeness (QED) is 0.509. The first-order chi connectivity index (χ1) is 5.29. The van der Waals surface area contributed by atoms with Crippen LogP contribution in [0.2, 0.25) is 0 Å². The standard InChI is InChI=1S/C7H14N2O2/c8-7(10)1-2-11-5-6-3-9-4-6/h6,9H,1-5H2,(H2,8,10). The van der Waals surface area contributed by atoms with Gasteiger partial charge in [-0.25, -0.2) is 0 Å². The molecule has 0 aromatic heterocycles. The lowest BCUT2D eigenvalue weighted by Gasteiger charge is -2.26. The first-order valence-electron chi connectivity index (χ1n) is 3.86. The Morgan fingerprint density at radius 1 is 1.64 bits per heavy atom. The monoisotopic (exact) mass is 158 g/mol. The lowest BCUT2D eigenvalue weighted by atomic mass is 10.1. The molecule has 4 heteroatoms. The van der Waals surface area contributed by atoms with E-state index in [9.17, 15) is 4.79 Å². The minimum absolute atomic E-state index is 0.295. The van der Waals surface area contributed by atoms with Crippen molar-refractivity contribution in [2.24, 2.45) is 11.7 Å². The van der Waals surface area contributed by atoms with E-state index in [1.165, 1.54) is 0 Å². The van der Waals surface area contributed by atoms with Gasteiger partial charge in [0.1, 0.15) is 0 Å². The number of nitrogens with two attached hydrogens (primary N) is 1. The van der Waals surface area contributed by atoms with Crippen molar-refractivity contribution in [1.82, 2.24) is 5.32 Å². The minimum Gasteiger partial charge on any atom is -0.381 e. The smallest absolute Gasteiger partial charge is 0.219 e. The van der Waals surface area contributed by atoms with Gasteiger partial charge in [0.15, 0.2) is 0 Å². The fourth-order valence-corrected chi connectivity index (χ4v) is 0.889. The zero-order chi connectivity index (χ0) is 8.10. The van der Waals surface area contributed by atoms with E-state index >= 15 is 0 Å². The molecule has 0 aromatic rings. The number of amides is 1. The van der Waals surface area contributed by atoms with Gasteiger partial charge in [0.25, 0.3) is 0 Å². The van der Waals surface area contributed by atoms with Gasteiger partial charge in [0.2, 0.25) is 5.91 Å². The van der Waals surface area contributed by atoms with Gasteiger partial charge in [0.05, 0.1) is 13.2 Å². The highest BCUT2D eigenvalue weighted by molar-refractivity contribution is 5.73. The van der Waals surface area contributed by atoms with E-state index < -0.39 is 0 Å². The number of carbonyl (C=O) groups is 1. The first-order valence-corrected chi connectivity index (χ1v) is 3.86. The van der Waals surface area contributed by atoms with Crippen LogP contribution in [0.1, 0.15) is 6.42 Å². The van der Waals surface area contributed by atoms with Gasteiger partial charge in [0, 0.05) is 25.4 Å². The maximum Gasteiger partial charge on any atom is 0.219 e. The maximum absolute atomic E-state index is 10.3. The van der Waals surface area contributed by atoms with Crippen LogP contribution in [0.25, 0.3) is 0 Å². The summed E-state index contributed by atoms with van der Waals surface area (Å²) in [6.07, 6.45) is 0.333. The van der Waals surface area contributed by atoms with Crippen molar-refractivity contribution >= 4 is 5.91 Å². The summed E-state index contributed by atoms with van der Waals surface area (Å²) in [6.45, 7) is 3.29. The summed E-state index contributed by atoms with van der Waals surface area (Å²) >= 11 is 0. The molecule has 11 heavy (non-hydrogen) atoms. The topological polar surface area (TPSA) is 64.4 Å². The normalized spacial score (nSPS) is 17.8. The third-order valence-corrected chi connectivity index (χ3v) is 1.71. The molecular formula is C7H14N2O2. The van der Waals surface area contributed by atoms with Crippen LogP contribution < -0.4 is 11.1 Å². The Kier molecular flexibility index (Phi) is 3.32. The van der Waals surface area contributed by atoms with E-state index in [-0.39, 0.29) is 5.91 Å². The van der Waals surface area contributed by atoms with Gasteiger partial charge in [-0.15, -0.1) is 0 Å². The van der Waals surface area contributed by atoms with Crippen LogP contribution in [0.3, 0.4) is 0 Å². The molecule has 0 aromatic carbocycles. The van der Waals surface area contributed by atoms with Crippen molar-refractivity contribution in [2.75, 3.05) is 26.3 Å². The number of nitrogens with one attached hydrogen (secondary N) is 1. The van der Waals surface area contributed by atoms with Crippen LogP contribution in [-0.4, -0.2) is 32.2 Å². The molecule has 1 saturated heterocycles. The molecule has 0 aliphatic carbocycles. The number of ether oxygens (including phenoxy) is 1. The van der Waals surface area contributed by atoms with Crippen molar-refractivity contribution in [3.05, 3.63) is 0 Å². The Hall–Kier alpha value is -0.610. The van der Waals surface area contributed by atoms with Gasteiger partial charge in [-0.2, -0.15) is 0 Å². The van der Waals surface area contributed by atoms with Crippen LogP contribution in [0.4, 0.5) is 0 Å². The molecule has 1 heterocycles. The zero-order valence-corrected chi connectivity index (χ0v) is 6.51. The number of rotatable bonds is 5. The summed E-state index contributed by atoms with van der Waals surface area (Å²) in [4.78, 5) is 10.3. The van der Waals surface area contributed by atoms with Crippen molar-refractivity contribution in [3.8, 4) is 0 Å². The van der Waals surface area contributed by atoms with Crippen molar-refractivity contribution in [2.45, 2.75) is 6.42 Å². The van der Waals surface area contributed by atoms with Gasteiger partial charge in [-0.05, 0) is 0 Å². The third-order valence-electron chi connectivity index (χ3n) is 1.71. The maximum atomic E-state index is 10.3. The van der Waals surface area contributed by atoms with E-state index in [4.69, 9.17) is 10.5 Å². The predicted octanol–water partition coefficient (Wildman–Crippen LogP) is -0.902. The summed E-state index contributed by atoms with van der Waals surface area (Å²) < 4.78 is 5.21. The first kappa shape index (κ1) is 8.49. The molecule has 0 unspecified atom stereocenters. The number of hydrogen-bond donors (Lipinski definition) is 2. The largest absolute Gasteiger partial charge is 0.381 e. The van der Waals surface area contributed by atoms with Crippen LogP contribution in [-0.2, 0) is 9.53 Å². The SMILES string of the molecule is NC(=O)CCOCC1CNC1. The summed E-state index contributed by atoms with van der Waals surface area (Å²) in [5.41, 5.74) is 4.92. The second-order valence-electron chi connectivity index (χ2n) is 2.82. The summed E-state index contributed by atoms with van der Waals surface area (Å²) in [6, 6.07) is 0. The van der Waals surface area contributed by atoms with Crippen LogP contribution in [0.15, 0.2) is 0 Å². The molecule has 1 rings (SSSR count). The van der Waals surface area contributed by atoms with E-state index in [0.29, 0.717) is 18.9 Å². The third kappa shape index (κ3) is 3.34. The molecule has 3 N–H and O–H groups in total. The molecule has 64 valence electrons. The molecule has 0 bridgehead atoms. The lowest BCUT2D eigenvalue weighted by Crippen LogP contribution is -2.44. The fraction of sp³-hybridized carbons (Fsp3) is 0.857. The summed E-state index contributed by atoms with van der Waals surface area (Å²) in [5.74, 6) is 0.347. The molecular weight excluding hydrogens is 144 g/mol. The molecule has 0 radical (unpaired) electrons. The molecule has 1 aliphatic rings. The molecule has 1 aliphatic heterocycles. The van der Waals surface area contributed by atoms with E-state index in [1.54, 1.807) is 0 Å². The highest BCUT2D eigenvalue weighted by atomic mass is 16.5. The molecule has 4 nitrogen and oxygen atoms in total. The molecule has 0 saturated carbocycles. The second-order valence-corrected chi connectivity index (χ2v) is 2.82. The fourth-order valence-electron chi connectivity index (χ4n) is 0.889. The van der Waals surface area contributed by atoms with E-state index in [1.807, 2.05) is 0 Å². The Morgan fingerprint density at radius 3 is 2.82 bits per heavy atom. The van der Waals surface area contributed by atoms with E-state index in [0.717, 1.165) is 19.7 Å². The molecule has 1 fully saturated rings. The van der Waals surface area contributed by atoms with Crippen molar-refractivity contribution in [1.29, 1.82) is 0 Å². The van der Waals surface area contributed by atoms with E-state index in [2.05, 4.69) is 5.32 Å². The lowest BCUT2D eigenvalue weighted by molar-refractivity contribution is -0.119. The Balaban J connectivity index is 1.83. The number of carbonyl (C=O) groups excluding carboxylic acids is 1. The number of primary amides is 1. The minimum atomic E-state index is -0.295. The average Bonchev–Trinajstić information content (AvgIpc) is 1.82. The average molecular weight is 158 g/mol. The highest BCUT2D eigenvalue weighted by Gasteiger charge is 2.15. The Labute approximate surface area is 66.1 Å².